The molecule has 0 fully saturated rings. The molecule has 0 N–H and O–H groups in total. The average Bonchev–Trinajstić information content (AvgIpc) is 3.63. The largest absolute Gasteiger partial charge is 0.305 e. The van der Waals surface area contributed by atoms with E-state index >= 15 is 4.57 Å². The first-order valence-corrected chi connectivity index (χ1v) is 19.4. The Kier molecular flexibility index (Phi) is 6.46. The Bertz CT molecular complexity index is 3340. The summed E-state index contributed by atoms with van der Waals surface area (Å²) in [6.45, 7) is 0. The van der Waals surface area contributed by atoms with Crippen molar-refractivity contribution in [1.82, 2.24) is 19.4 Å². The summed E-state index contributed by atoms with van der Waals surface area (Å²) < 4.78 is 17.7. The van der Waals surface area contributed by atoms with Crippen LogP contribution in [-0.2, 0) is 4.57 Å². The predicted octanol–water partition coefficient (Wildman–Crippen LogP) is 10.3. The molecule has 5 nitrogen and oxygen atoms in total. The molecular formula is C47H29N4OP. The highest BCUT2D eigenvalue weighted by atomic mass is 31.2. The zero-order chi connectivity index (χ0) is 35.1. The van der Waals surface area contributed by atoms with Crippen LogP contribution < -0.4 is 16.2 Å². The van der Waals surface area contributed by atoms with Gasteiger partial charge in [0.05, 0.1) is 22.1 Å². The zero-order valence-electron chi connectivity index (χ0n) is 28.4. The lowest BCUT2D eigenvalue weighted by Crippen LogP contribution is -2.29. The standard InChI is InChI=1S/C47H29N4OP/c52-53(36-12-2-1-3-13-36,47-48-29-35-11-5-7-15-41(35)50-47)37-23-20-32-26-31(18-19-33(32)27-37)34-22-24-39-44(28-34)51-43-17-9-8-16-42(43)49-46(51)40-25-21-30-10-4-6-14-38(30)45(39)40/h1-29H. The Morgan fingerprint density at radius 3 is 2.04 bits per heavy atom. The first-order chi connectivity index (χ1) is 26.1. The second-order valence-electron chi connectivity index (χ2n) is 13.6. The first-order valence-electron chi connectivity index (χ1n) is 17.7. The molecule has 0 saturated heterocycles. The van der Waals surface area contributed by atoms with Crippen molar-refractivity contribution in [2.24, 2.45) is 0 Å². The summed E-state index contributed by atoms with van der Waals surface area (Å²) in [5.41, 5.74) is 7.47. The van der Waals surface area contributed by atoms with Gasteiger partial charge in [-0.25, -0.2) is 15.0 Å². The molecule has 0 saturated carbocycles. The second kappa shape index (κ2) is 11.4. The number of benzene rings is 8. The Balaban J connectivity index is 1.09. The Morgan fingerprint density at radius 2 is 1.13 bits per heavy atom. The maximum atomic E-state index is 15.3. The van der Waals surface area contributed by atoms with Crippen molar-refractivity contribution in [2.45, 2.75) is 0 Å². The van der Waals surface area contributed by atoms with Crippen molar-refractivity contribution in [1.29, 1.82) is 0 Å². The quantitative estimate of drug-likeness (QED) is 0.136. The number of hydrogen-bond donors (Lipinski definition) is 0. The molecule has 11 rings (SSSR count). The number of imidazole rings is 1. The number of aromatic nitrogens is 4. The number of rotatable bonds is 4. The van der Waals surface area contributed by atoms with Gasteiger partial charge in [0.1, 0.15) is 5.65 Å². The highest BCUT2D eigenvalue weighted by Gasteiger charge is 2.33. The fourth-order valence-corrected chi connectivity index (χ4v) is 10.5. The summed E-state index contributed by atoms with van der Waals surface area (Å²) in [5, 5.41) is 10.4. The van der Waals surface area contributed by atoms with E-state index in [0.717, 1.165) is 60.4 Å². The van der Waals surface area contributed by atoms with Gasteiger partial charge in [0.2, 0.25) is 7.14 Å². The molecule has 3 aromatic heterocycles. The van der Waals surface area contributed by atoms with E-state index in [0.29, 0.717) is 16.2 Å². The molecule has 1 unspecified atom stereocenters. The van der Waals surface area contributed by atoms with Crippen LogP contribution in [0.15, 0.2) is 176 Å². The van der Waals surface area contributed by atoms with Crippen molar-refractivity contribution >= 4 is 94.1 Å². The second-order valence-corrected chi connectivity index (χ2v) is 16.3. The Hall–Kier alpha value is -6.68. The number of fused-ring (bicyclic) bond motifs is 12. The van der Waals surface area contributed by atoms with Gasteiger partial charge >= 0.3 is 0 Å². The van der Waals surface area contributed by atoms with Crippen LogP contribution in [0.5, 0.6) is 0 Å². The van der Waals surface area contributed by atoms with Crippen LogP contribution in [0.1, 0.15) is 0 Å². The van der Waals surface area contributed by atoms with Crippen LogP contribution in [0.3, 0.4) is 0 Å². The summed E-state index contributed by atoms with van der Waals surface area (Å²) in [6.07, 6.45) is 1.77. The van der Waals surface area contributed by atoms with Crippen LogP contribution in [0.2, 0.25) is 0 Å². The van der Waals surface area contributed by atoms with Gasteiger partial charge in [0, 0.05) is 38.4 Å². The third-order valence-electron chi connectivity index (χ3n) is 10.6. The molecule has 0 radical (unpaired) electrons. The maximum Gasteiger partial charge on any atom is 0.206 e. The molecule has 6 heteroatoms. The fraction of sp³-hybridized carbons (Fsp3) is 0. The SMILES string of the molecule is O=P(c1ccccc1)(c1ccc2cc(-c3ccc4c5c6ccccc6ccc5c5nc6ccccc6n5c4c3)ccc2c1)c1ncc2ccccc2n1. The van der Waals surface area contributed by atoms with Crippen LogP contribution in [0.25, 0.3) is 81.9 Å². The van der Waals surface area contributed by atoms with Gasteiger partial charge < -0.3 is 4.57 Å². The molecule has 0 aliphatic heterocycles. The summed E-state index contributed by atoms with van der Waals surface area (Å²) in [7, 11) is -3.39. The van der Waals surface area contributed by atoms with Crippen molar-refractivity contribution in [3.63, 3.8) is 0 Å². The molecule has 0 aliphatic rings. The molecule has 0 bridgehead atoms. The van der Waals surface area contributed by atoms with Crippen molar-refractivity contribution < 1.29 is 4.57 Å². The highest BCUT2D eigenvalue weighted by Crippen LogP contribution is 2.43. The number of para-hydroxylation sites is 3. The van der Waals surface area contributed by atoms with Crippen molar-refractivity contribution in [2.75, 3.05) is 0 Å². The highest BCUT2D eigenvalue weighted by molar-refractivity contribution is 7.85. The minimum Gasteiger partial charge on any atom is -0.305 e. The lowest BCUT2D eigenvalue weighted by atomic mass is 9.96. The van der Waals surface area contributed by atoms with E-state index in [2.05, 4.69) is 106 Å². The molecule has 11 aromatic rings. The van der Waals surface area contributed by atoms with Gasteiger partial charge in [-0.15, -0.1) is 0 Å². The molecule has 1 atom stereocenters. The molecule has 3 heterocycles. The van der Waals surface area contributed by atoms with E-state index < -0.39 is 7.14 Å². The molecule has 0 amide bonds. The zero-order valence-corrected chi connectivity index (χ0v) is 29.3. The molecular weight excluding hydrogens is 668 g/mol. The smallest absolute Gasteiger partial charge is 0.206 e. The molecule has 8 aromatic carbocycles. The van der Waals surface area contributed by atoms with E-state index in [9.17, 15) is 0 Å². The predicted molar refractivity (Wildman–Crippen MR) is 221 cm³/mol. The Morgan fingerprint density at radius 1 is 0.453 bits per heavy atom. The van der Waals surface area contributed by atoms with Crippen LogP contribution in [0.4, 0.5) is 0 Å². The average molecular weight is 697 g/mol. The van der Waals surface area contributed by atoms with Gasteiger partial charge in [-0.05, 0) is 75.1 Å². The van der Waals surface area contributed by atoms with Crippen LogP contribution >= 0.6 is 7.14 Å². The van der Waals surface area contributed by atoms with Gasteiger partial charge in [-0.3, -0.25) is 4.40 Å². The van der Waals surface area contributed by atoms with E-state index in [-0.39, 0.29) is 0 Å². The fourth-order valence-electron chi connectivity index (χ4n) is 8.05. The summed E-state index contributed by atoms with van der Waals surface area (Å²) >= 11 is 0. The normalized spacial score (nSPS) is 13.1. The van der Waals surface area contributed by atoms with Gasteiger partial charge in [0.25, 0.3) is 0 Å². The lowest BCUT2D eigenvalue weighted by molar-refractivity contribution is 0.591. The number of pyridine rings is 1. The Labute approximate surface area is 304 Å². The lowest BCUT2D eigenvalue weighted by Gasteiger charge is -2.19. The van der Waals surface area contributed by atoms with Crippen LogP contribution in [0, 0.1) is 0 Å². The first kappa shape index (κ1) is 30.0. The van der Waals surface area contributed by atoms with Crippen molar-refractivity contribution in [3.8, 4) is 11.1 Å². The molecule has 0 aliphatic carbocycles. The van der Waals surface area contributed by atoms with E-state index in [1.54, 1.807) is 6.20 Å². The summed E-state index contributed by atoms with van der Waals surface area (Å²) in [5.74, 6) is 0. The van der Waals surface area contributed by atoms with E-state index in [1.807, 2.05) is 72.8 Å². The van der Waals surface area contributed by atoms with Gasteiger partial charge in [-0.2, -0.15) is 0 Å². The minimum absolute atomic E-state index is 0.341. The minimum atomic E-state index is -3.39. The van der Waals surface area contributed by atoms with Gasteiger partial charge in [0.15, 0.2) is 5.57 Å². The van der Waals surface area contributed by atoms with Gasteiger partial charge in [-0.1, -0.05) is 127 Å². The van der Waals surface area contributed by atoms with Crippen LogP contribution in [-0.4, -0.2) is 19.4 Å². The maximum absolute atomic E-state index is 15.3. The van der Waals surface area contributed by atoms with Crippen molar-refractivity contribution in [3.05, 3.63) is 176 Å². The third-order valence-corrected chi connectivity index (χ3v) is 13.4. The topological polar surface area (TPSA) is 60.2 Å². The van der Waals surface area contributed by atoms with E-state index in [1.165, 1.54) is 21.5 Å². The summed E-state index contributed by atoms with van der Waals surface area (Å²) in [6, 6.07) is 58.2. The number of nitrogens with zero attached hydrogens (tertiary/aromatic N) is 4. The molecule has 0 spiro atoms. The molecule has 248 valence electrons. The number of hydrogen-bond acceptors (Lipinski definition) is 4. The monoisotopic (exact) mass is 696 g/mol. The third kappa shape index (κ3) is 4.51. The molecule has 53 heavy (non-hydrogen) atoms. The summed E-state index contributed by atoms with van der Waals surface area (Å²) in [4.78, 5) is 14.7. The van der Waals surface area contributed by atoms with E-state index in [4.69, 9.17) is 9.97 Å².